The van der Waals surface area contributed by atoms with Crippen molar-refractivity contribution in [3.63, 3.8) is 0 Å². The molecule has 2 aliphatic rings. The van der Waals surface area contributed by atoms with Gasteiger partial charge < -0.3 is 4.74 Å². The Morgan fingerprint density at radius 3 is 2.18 bits per heavy atom. The summed E-state index contributed by atoms with van der Waals surface area (Å²) < 4.78 is 34.1. The summed E-state index contributed by atoms with van der Waals surface area (Å²) in [6.45, 7) is 4.66. The Balaban J connectivity index is 1.70. The molecule has 200 valence electrons. The average molecular weight is 543 g/mol. The molecule has 0 aliphatic carbocycles. The minimum absolute atomic E-state index is 0.475. The standard InChI is InChI=1S/C27H28BClO9/c1-14(30)35-25-23(13-28)38-24(26(36-15(2)31)27(25)37-16(3)32)18-5-6-20(29)19(12-18)10-17-4-7-21-22(11-17)34-9-8-33-21/h4-7,11-13,23-28H,8-10H2,1-3H3/t23-,24-,25+,26-,27-/m0/s1. The van der Waals surface area contributed by atoms with Gasteiger partial charge in [-0.3, -0.25) is 0 Å². The van der Waals surface area contributed by atoms with E-state index >= 15 is 0 Å². The fraction of sp³-hybridized carbons (Fsp3) is 0.407. The van der Waals surface area contributed by atoms with Gasteiger partial charge in [0, 0.05) is 0 Å². The minimum atomic E-state index is -1.14. The molecular weight excluding hydrogens is 515 g/mol. The second-order valence-electron chi connectivity index (χ2n) is 8.98. The molecule has 38 heavy (non-hydrogen) atoms. The van der Waals surface area contributed by atoms with E-state index in [9.17, 15) is 14.4 Å². The molecule has 0 spiro atoms. The molecule has 5 atom stereocenters. The third-order valence-electron chi connectivity index (χ3n) is 6.11. The number of hydrogen-bond donors (Lipinski definition) is 0. The third kappa shape index (κ3) is 6.36. The summed E-state index contributed by atoms with van der Waals surface area (Å²) in [6.07, 6.45) is -4.58. The Bertz CT molecular complexity index is 1230. The number of carbonyl (C=O) groups excluding carboxylic acids is 3. The topological polar surface area (TPSA) is 107 Å². The van der Waals surface area contributed by atoms with E-state index in [-0.39, 0.29) is 0 Å². The van der Waals surface area contributed by atoms with Crippen LogP contribution in [0.3, 0.4) is 0 Å². The zero-order chi connectivity index (χ0) is 27.4. The molecular formula is C27H28BClO9. The molecule has 0 radical (unpaired) electrons. The van der Waals surface area contributed by atoms with Crippen molar-refractivity contribution in [3.8, 4) is 11.5 Å². The van der Waals surface area contributed by atoms with Crippen molar-refractivity contribution >= 4 is 43.0 Å². The van der Waals surface area contributed by atoms with E-state index in [1.165, 1.54) is 26.7 Å². The predicted molar refractivity (Wildman–Crippen MR) is 139 cm³/mol. The number of hydrogen-bond acceptors (Lipinski definition) is 9. The second-order valence-corrected chi connectivity index (χ2v) is 9.39. The first kappa shape index (κ1) is 27.7. The molecule has 2 heterocycles. The van der Waals surface area contributed by atoms with Crippen LogP contribution in [-0.2, 0) is 39.8 Å². The zero-order valence-electron chi connectivity index (χ0n) is 21.3. The molecule has 1 saturated heterocycles. The van der Waals surface area contributed by atoms with Crippen LogP contribution < -0.4 is 9.47 Å². The number of benzene rings is 2. The summed E-state index contributed by atoms with van der Waals surface area (Å²) >= 11 is 6.56. The van der Waals surface area contributed by atoms with Gasteiger partial charge in [0.25, 0.3) is 0 Å². The van der Waals surface area contributed by atoms with Crippen molar-refractivity contribution < 1.29 is 42.8 Å². The maximum atomic E-state index is 12.1. The van der Waals surface area contributed by atoms with Crippen LogP contribution in [0.2, 0.25) is 5.02 Å². The Hall–Kier alpha value is -3.37. The first-order chi connectivity index (χ1) is 18.2. The van der Waals surface area contributed by atoms with Crippen LogP contribution in [0.4, 0.5) is 0 Å². The van der Waals surface area contributed by atoms with Crippen LogP contribution in [0.25, 0.3) is 0 Å². The van der Waals surface area contributed by atoms with Gasteiger partial charge in [0.05, 0.1) is 0 Å². The molecule has 0 saturated carbocycles. The molecule has 0 N–H and O–H groups in total. The molecule has 0 unspecified atom stereocenters. The van der Waals surface area contributed by atoms with Gasteiger partial charge in [-0.2, -0.15) is 0 Å². The van der Waals surface area contributed by atoms with E-state index in [4.69, 9.17) is 40.0 Å². The number of fused-ring (bicyclic) bond motifs is 1. The van der Waals surface area contributed by atoms with Crippen molar-refractivity contribution in [1.82, 2.24) is 0 Å². The molecule has 4 rings (SSSR count). The van der Waals surface area contributed by atoms with Gasteiger partial charge in [-0.1, -0.05) is 0 Å². The normalized spacial score (nSPS) is 24.1. The second kappa shape index (κ2) is 12.0. The van der Waals surface area contributed by atoms with Crippen LogP contribution in [0.15, 0.2) is 36.4 Å². The monoisotopic (exact) mass is 542 g/mol. The van der Waals surface area contributed by atoms with Crippen LogP contribution in [0.1, 0.15) is 43.6 Å². The van der Waals surface area contributed by atoms with Crippen LogP contribution >= 0.6 is 11.6 Å². The Labute approximate surface area is 226 Å². The molecule has 2 aliphatic heterocycles. The van der Waals surface area contributed by atoms with Gasteiger partial charge in [0.1, 0.15) is 13.2 Å². The molecule has 1 fully saturated rings. The molecule has 0 amide bonds. The van der Waals surface area contributed by atoms with E-state index in [0.717, 1.165) is 11.1 Å². The maximum absolute atomic E-state index is 12.1. The summed E-state index contributed by atoms with van der Waals surface area (Å²) in [7, 11) is 3.78. The van der Waals surface area contributed by atoms with Crippen molar-refractivity contribution in [3.05, 3.63) is 58.1 Å². The van der Waals surface area contributed by atoms with E-state index in [1.54, 1.807) is 12.1 Å². The number of rotatable bonds is 7. The van der Waals surface area contributed by atoms with Gasteiger partial charge in [-0.15, -0.1) is 0 Å². The van der Waals surface area contributed by atoms with E-state index in [0.29, 0.717) is 41.7 Å². The van der Waals surface area contributed by atoms with Crippen molar-refractivity contribution in [2.24, 2.45) is 0 Å². The molecule has 9 nitrogen and oxygen atoms in total. The number of halogens is 1. The zero-order valence-corrected chi connectivity index (χ0v) is 22.1. The molecule has 11 heteroatoms. The number of carbonyl (C=O) groups is 3. The first-order valence-corrected chi connectivity index (χ1v) is 12.5. The molecule has 2 aromatic rings. The van der Waals surface area contributed by atoms with Crippen LogP contribution in [-0.4, -0.2) is 69.0 Å². The van der Waals surface area contributed by atoms with Crippen molar-refractivity contribution in [2.45, 2.75) is 57.7 Å². The van der Waals surface area contributed by atoms with Crippen molar-refractivity contribution in [1.29, 1.82) is 0 Å². The summed E-state index contributed by atoms with van der Waals surface area (Å²) in [5.74, 6) is 0.937. The molecule has 2 aromatic carbocycles. The molecule has 0 aromatic heterocycles. The van der Waals surface area contributed by atoms with Crippen LogP contribution in [0.5, 0.6) is 11.5 Å². The van der Waals surface area contributed by atoms with Gasteiger partial charge in [0.2, 0.25) is 0 Å². The number of esters is 3. The summed E-state index contributed by atoms with van der Waals surface area (Å²) in [5, 5.41) is 0.526. The van der Waals surface area contributed by atoms with Gasteiger partial charge in [0.15, 0.2) is 0 Å². The van der Waals surface area contributed by atoms with Gasteiger partial charge >= 0.3 is 208 Å². The summed E-state index contributed by atoms with van der Waals surface area (Å²) in [5.41, 5.74) is 2.36. The van der Waals surface area contributed by atoms with E-state index < -0.39 is 48.4 Å². The van der Waals surface area contributed by atoms with E-state index in [2.05, 4.69) is 7.49 Å². The Morgan fingerprint density at radius 1 is 0.895 bits per heavy atom. The number of ether oxygens (including phenoxy) is 6. The Morgan fingerprint density at radius 2 is 1.53 bits per heavy atom. The van der Waals surface area contributed by atoms with Gasteiger partial charge in [-0.05, 0) is 0 Å². The summed E-state index contributed by atoms with van der Waals surface area (Å²) in [4.78, 5) is 35.9. The fourth-order valence-corrected chi connectivity index (χ4v) is 4.81. The Kier molecular flexibility index (Phi) is 8.74. The SMILES string of the molecule is B=C[C@@H]1O[C@@H](c2ccc(Cl)c(Cc3ccc4c(c3)OCCO4)c2)[C@H](OC(C)=O)[C@@H](OC(C)=O)[C@@H]1OC(C)=O. The quantitative estimate of drug-likeness (QED) is 0.296. The fourth-order valence-electron chi connectivity index (χ4n) is 4.63. The average Bonchev–Trinajstić information content (AvgIpc) is 2.86. The van der Waals surface area contributed by atoms with Gasteiger partial charge in [-0.25, -0.2) is 0 Å². The first-order valence-electron chi connectivity index (χ1n) is 12.1. The molecule has 0 bridgehead atoms. The van der Waals surface area contributed by atoms with E-state index in [1.807, 2.05) is 24.3 Å². The predicted octanol–water partition coefficient (Wildman–Crippen LogP) is 2.64. The van der Waals surface area contributed by atoms with Crippen molar-refractivity contribution in [2.75, 3.05) is 13.2 Å². The third-order valence-corrected chi connectivity index (χ3v) is 6.48. The van der Waals surface area contributed by atoms with Crippen LogP contribution in [0, 0.1) is 0 Å². The summed E-state index contributed by atoms with van der Waals surface area (Å²) in [6, 6.07) is 11.0.